The molecule has 3 aromatic rings. The van der Waals surface area contributed by atoms with Crippen molar-refractivity contribution in [1.29, 1.82) is 0 Å². The largest absolute Gasteiger partial charge is 0.487 e. The van der Waals surface area contributed by atoms with Crippen molar-refractivity contribution in [3.05, 3.63) is 91.6 Å². The second-order valence-electron chi connectivity index (χ2n) is 5.67. The Morgan fingerprint density at radius 3 is 2.27 bits per heavy atom. The Bertz CT molecular complexity index is 880. The van der Waals surface area contributed by atoms with Gasteiger partial charge < -0.3 is 10.1 Å². The molecule has 0 atom stereocenters. The van der Waals surface area contributed by atoms with Crippen LogP contribution < -0.4 is 10.1 Å². The van der Waals surface area contributed by atoms with Crippen LogP contribution in [-0.4, -0.2) is 0 Å². The van der Waals surface area contributed by atoms with Gasteiger partial charge in [-0.25, -0.2) is 4.39 Å². The Balaban J connectivity index is 1.66. The Morgan fingerprint density at radius 1 is 0.923 bits per heavy atom. The van der Waals surface area contributed by atoms with E-state index in [1.165, 1.54) is 12.1 Å². The first-order valence-corrected chi connectivity index (χ1v) is 9.82. The van der Waals surface area contributed by atoms with Crippen molar-refractivity contribution in [2.24, 2.45) is 0 Å². The van der Waals surface area contributed by atoms with E-state index in [9.17, 15) is 4.39 Å². The van der Waals surface area contributed by atoms with Gasteiger partial charge in [-0.1, -0.05) is 23.7 Å². The molecule has 3 aromatic carbocycles. The highest BCUT2D eigenvalue weighted by atomic mass is 79.9. The first-order chi connectivity index (χ1) is 12.5. The zero-order valence-electron chi connectivity index (χ0n) is 13.6. The fourth-order valence-corrected chi connectivity index (χ4v) is 4.13. The summed E-state index contributed by atoms with van der Waals surface area (Å²) in [5.41, 5.74) is 2.92. The summed E-state index contributed by atoms with van der Waals surface area (Å²) in [7, 11) is 0. The standard InChI is InChI=1S/C20H15Br2ClFNO/c21-18-9-14(11-25-17-6-4-16(24)5-7-17)10-19(22)20(18)26-12-13-2-1-3-15(23)8-13/h1-10,25H,11-12H2. The normalized spacial score (nSPS) is 10.6. The highest BCUT2D eigenvalue weighted by Crippen LogP contribution is 2.35. The highest BCUT2D eigenvalue weighted by molar-refractivity contribution is 9.11. The van der Waals surface area contributed by atoms with Crippen LogP contribution in [0.5, 0.6) is 5.75 Å². The zero-order valence-corrected chi connectivity index (χ0v) is 17.5. The van der Waals surface area contributed by atoms with Crippen LogP contribution in [0.4, 0.5) is 10.1 Å². The summed E-state index contributed by atoms with van der Waals surface area (Å²) >= 11 is 13.1. The topological polar surface area (TPSA) is 21.3 Å². The molecular weight excluding hydrogens is 484 g/mol. The maximum absolute atomic E-state index is 13.0. The van der Waals surface area contributed by atoms with Gasteiger partial charge in [0.25, 0.3) is 0 Å². The smallest absolute Gasteiger partial charge is 0.148 e. The summed E-state index contributed by atoms with van der Waals surface area (Å²) < 4.78 is 20.6. The second kappa shape index (κ2) is 8.89. The predicted octanol–water partition coefficient (Wildman–Crippen LogP) is 7.20. The molecule has 0 radical (unpaired) electrons. The molecule has 0 aliphatic rings. The first kappa shape index (κ1) is 19.2. The van der Waals surface area contributed by atoms with Gasteiger partial charge in [-0.2, -0.15) is 0 Å². The number of hydrogen-bond donors (Lipinski definition) is 1. The van der Waals surface area contributed by atoms with Crippen molar-refractivity contribution < 1.29 is 9.13 Å². The van der Waals surface area contributed by atoms with Gasteiger partial charge in [0.05, 0.1) is 8.95 Å². The summed E-state index contributed by atoms with van der Waals surface area (Å²) in [6.45, 7) is 1.03. The van der Waals surface area contributed by atoms with E-state index in [1.807, 2.05) is 36.4 Å². The van der Waals surface area contributed by atoms with Gasteiger partial charge in [0, 0.05) is 17.3 Å². The molecular formula is C20H15Br2ClFNO. The van der Waals surface area contributed by atoms with Crippen molar-refractivity contribution in [2.75, 3.05) is 5.32 Å². The van der Waals surface area contributed by atoms with E-state index in [0.717, 1.165) is 31.5 Å². The van der Waals surface area contributed by atoms with Crippen LogP contribution in [0.2, 0.25) is 5.02 Å². The van der Waals surface area contributed by atoms with E-state index in [-0.39, 0.29) is 5.82 Å². The third-order valence-electron chi connectivity index (χ3n) is 3.67. The summed E-state index contributed by atoms with van der Waals surface area (Å²) in [6, 6.07) is 17.9. The lowest BCUT2D eigenvalue weighted by Gasteiger charge is -2.13. The molecule has 1 N–H and O–H groups in total. The molecule has 0 aliphatic heterocycles. The molecule has 0 saturated carbocycles. The Kier molecular flexibility index (Phi) is 6.57. The maximum atomic E-state index is 13.0. The Morgan fingerprint density at radius 2 is 1.62 bits per heavy atom. The molecule has 0 bridgehead atoms. The van der Waals surface area contributed by atoms with Crippen LogP contribution in [0, 0.1) is 5.82 Å². The van der Waals surface area contributed by atoms with E-state index in [2.05, 4.69) is 37.2 Å². The fraction of sp³-hybridized carbons (Fsp3) is 0.100. The van der Waals surface area contributed by atoms with Crippen molar-refractivity contribution in [1.82, 2.24) is 0 Å². The zero-order chi connectivity index (χ0) is 18.5. The molecule has 0 aromatic heterocycles. The maximum Gasteiger partial charge on any atom is 0.148 e. The third-order valence-corrected chi connectivity index (χ3v) is 5.08. The Hall–Kier alpha value is -1.56. The minimum absolute atomic E-state index is 0.248. The van der Waals surface area contributed by atoms with Gasteiger partial charge in [-0.05, 0) is 91.5 Å². The average Bonchev–Trinajstić information content (AvgIpc) is 2.60. The molecule has 6 heteroatoms. The third kappa shape index (κ3) is 5.22. The van der Waals surface area contributed by atoms with Crippen LogP contribution >= 0.6 is 43.5 Å². The lowest BCUT2D eigenvalue weighted by atomic mass is 10.2. The van der Waals surface area contributed by atoms with E-state index in [4.69, 9.17) is 16.3 Å². The van der Waals surface area contributed by atoms with Crippen LogP contribution in [0.3, 0.4) is 0 Å². The van der Waals surface area contributed by atoms with Crippen LogP contribution in [0.1, 0.15) is 11.1 Å². The summed E-state index contributed by atoms with van der Waals surface area (Å²) in [6.07, 6.45) is 0. The molecule has 2 nitrogen and oxygen atoms in total. The van der Waals surface area contributed by atoms with Gasteiger partial charge in [-0.3, -0.25) is 0 Å². The molecule has 0 fully saturated rings. The van der Waals surface area contributed by atoms with Crippen LogP contribution in [-0.2, 0) is 13.2 Å². The summed E-state index contributed by atoms with van der Waals surface area (Å²) in [5.74, 6) is 0.484. The number of rotatable bonds is 6. The van der Waals surface area contributed by atoms with E-state index < -0.39 is 0 Å². The number of ether oxygens (including phenoxy) is 1. The predicted molar refractivity (Wildman–Crippen MR) is 111 cm³/mol. The van der Waals surface area contributed by atoms with E-state index >= 15 is 0 Å². The molecule has 0 saturated heterocycles. The quantitative estimate of drug-likeness (QED) is 0.387. The van der Waals surface area contributed by atoms with Gasteiger partial charge >= 0.3 is 0 Å². The van der Waals surface area contributed by atoms with Gasteiger partial charge in [0.1, 0.15) is 18.2 Å². The molecule has 0 heterocycles. The molecule has 134 valence electrons. The number of halogens is 4. The van der Waals surface area contributed by atoms with Crippen LogP contribution in [0.15, 0.2) is 69.6 Å². The van der Waals surface area contributed by atoms with Crippen molar-refractivity contribution in [3.63, 3.8) is 0 Å². The van der Waals surface area contributed by atoms with Gasteiger partial charge in [0.15, 0.2) is 0 Å². The monoisotopic (exact) mass is 497 g/mol. The Labute approximate surface area is 173 Å². The summed E-state index contributed by atoms with van der Waals surface area (Å²) in [4.78, 5) is 0. The molecule has 0 aliphatic carbocycles. The lowest BCUT2D eigenvalue weighted by molar-refractivity contribution is 0.302. The number of hydrogen-bond acceptors (Lipinski definition) is 2. The second-order valence-corrected chi connectivity index (χ2v) is 7.81. The number of anilines is 1. The SMILES string of the molecule is Fc1ccc(NCc2cc(Br)c(OCc3cccc(Cl)c3)c(Br)c2)cc1. The summed E-state index contributed by atoms with van der Waals surface area (Å²) in [5, 5.41) is 3.95. The first-order valence-electron chi connectivity index (χ1n) is 7.86. The van der Waals surface area contributed by atoms with E-state index in [1.54, 1.807) is 12.1 Å². The molecule has 26 heavy (non-hydrogen) atoms. The van der Waals surface area contributed by atoms with Gasteiger partial charge in [0.2, 0.25) is 0 Å². The minimum atomic E-state index is -0.248. The number of nitrogens with one attached hydrogen (secondary N) is 1. The molecule has 3 rings (SSSR count). The average molecular weight is 500 g/mol. The van der Waals surface area contributed by atoms with Crippen molar-refractivity contribution in [2.45, 2.75) is 13.2 Å². The molecule has 0 amide bonds. The highest BCUT2D eigenvalue weighted by Gasteiger charge is 2.10. The minimum Gasteiger partial charge on any atom is -0.487 e. The van der Waals surface area contributed by atoms with Crippen molar-refractivity contribution in [3.8, 4) is 5.75 Å². The molecule has 0 spiro atoms. The van der Waals surface area contributed by atoms with Crippen molar-refractivity contribution >= 4 is 49.1 Å². The number of benzene rings is 3. The van der Waals surface area contributed by atoms with Crippen LogP contribution in [0.25, 0.3) is 0 Å². The van der Waals surface area contributed by atoms with Gasteiger partial charge in [-0.15, -0.1) is 0 Å². The van der Waals surface area contributed by atoms with E-state index in [0.29, 0.717) is 18.2 Å². The molecule has 0 unspecified atom stereocenters. The fourth-order valence-electron chi connectivity index (χ4n) is 2.41. The lowest BCUT2D eigenvalue weighted by Crippen LogP contribution is -2.01.